The summed E-state index contributed by atoms with van der Waals surface area (Å²) in [6.45, 7) is 3.99. The zero-order valence-electron chi connectivity index (χ0n) is 8.51. The molecule has 0 bridgehead atoms. The minimum absolute atomic E-state index is 0.0826. The summed E-state index contributed by atoms with van der Waals surface area (Å²) in [6, 6.07) is 0. The van der Waals surface area contributed by atoms with Crippen molar-refractivity contribution in [2.75, 3.05) is 5.73 Å². The van der Waals surface area contributed by atoms with Gasteiger partial charge in [-0.15, -0.1) is 0 Å². The van der Waals surface area contributed by atoms with Gasteiger partial charge >= 0.3 is 5.69 Å². The zero-order chi connectivity index (χ0) is 11.4. The summed E-state index contributed by atoms with van der Waals surface area (Å²) in [5.41, 5.74) is 5.24. The van der Waals surface area contributed by atoms with E-state index < -0.39 is 4.92 Å². The molecule has 1 heterocycles. The lowest BCUT2D eigenvalue weighted by Crippen LogP contribution is -2.03. The van der Waals surface area contributed by atoms with Crippen LogP contribution in [-0.2, 0) is 0 Å². The maximum Gasteiger partial charge on any atom is 0.343 e. The highest BCUT2D eigenvalue weighted by atomic mass is 32.2. The molecule has 1 atom stereocenters. The van der Waals surface area contributed by atoms with E-state index in [0.717, 1.165) is 6.42 Å². The van der Waals surface area contributed by atoms with Gasteiger partial charge in [-0.1, -0.05) is 25.6 Å². The van der Waals surface area contributed by atoms with Crippen LogP contribution in [0.5, 0.6) is 0 Å². The van der Waals surface area contributed by atoms with Gasteiger partial charge in [0.15, 0.2) is 5.03 Å². The first-order valence-corrected chi connectivity index (χ1v) is 5.35. The van der Waals surface area contributed by atoms with Crippen LogP contribution in [0.3, 0.4) is 0 Å². The van der Waals surface area contributed by atoms with Crippen LogP contribution in [0.15, 0.2) is 11.4 Å². The summed E-state index contributed by atoms with van der Waals surface area (Å²) in [5, 5.41) is 11.3. The van der Waals surface area contributed by atoms with Gasteiger partial charge in [0, 0.05) is 5.25 Å². The molecule has 0 aliphatic carbocycles. The molecule has 82 valence electrons. The Balaban J connectivity index is 3.06. The summed E-state index contributed by atoms with van der Waals surface area (Å²) >= 11 is 1.34. The Hall–Kier alpha value is -1.37. The number of nitrogen functional groups attached to an aromatic ring is 1. The van der Waals surface area contributed by atoms with Crippen LogP contribution >= 0.6 is 11.8 Å². The normalized spacial score (nSPS) is 12.4. The van der Waals surface area contributed by atoms with E-state index in [4.69, 9.17) is 5.73 Å². The molecular weight excluding hydrogens is 216 g/mol. The van der Waals surface area contributed by atoms with Crippen molar-refractivity contribution >= 4 is 23.3 Å². The fourth-order valence-electron chi connectivity index (χ4n) is 0.907. The highest BCUT2D eigenvalue weighted by Crippen LogP contribution is 2.33. The van der Waals surface area contributed by atoms with Crippen molar-refractivity contribution in [2.24, 2.45) is 0 Å². The van der Waals surface area contributed by atoms with Crippen LogP contribution < -0.4 is 5.73 Å². The number of hydrogen-bond acceptors (Lipinski definition) is 6. The zero-order valence-corrected chi connectivity index (χ0v) is 9.32. The van der Waals surface area contributed by atoms with E-state index in [1.54, 1.807) is 0 Å². The Morgan fingerprint density at radius 3 is 2.87 bits per heavy atom. The van der Waals surface area contributed by atoms with Crippen molar-refractivity contribution in [1.82, 2.24) is 9.97 Å². The van der Waals surface area contributed by atoms with Crippen LogP contribution in [-0.4, -0.2) is 20.1 Å². The standard InChI is InChI=1S/C8H12N4O2S/c1-3-5(2)15-8-6(12(13)14)7(9)10-4-11-8/h4-5H,3H2,1-2H3,(H2,9,10,11). The molecule has 0 amide bonds. The lowest BCUT2D eigenvalue weighted by Gasteiger charge is -2.07. The summed E-state index contributed by atoms with van der Waals surface area (Å²) in [5.74, 6) is -0.0826. The molecule has 1 aromatic heterocycles. The van der Waals surface area contributed by atoms with Crippen molar-refractivity contribution in [3.05, 3.63) is 16.4 Å². The van der Waals surface area contributed by atoms with Crippen molar-refractivity contribution < 1.29 is 4.92 Å². The summed E-state index contributed by atoms with van der Waals surface area (Å²) < 4.78 is 0. The van der Waals surface area contributed by atoms with Gasteiger partial charge in [0.1, 0.15) is 6.33 Å². The quantitative estimate of drug-likeness (QED) is 0.366. The highest BCUT2D eigenvalue weighted by Gasteiger charge is 2.22. The number of nitrogens with two attached hydrogens (primary N) is 1. The monoisotopic (exact) mass is 228 g/mol. The molecular formula is C8H12N4O2S. The van der Waals surface area contributed by atoms with E-state index >= 15 is 0 Å². The Kier molecular flexibility index (Phi) is 3.84. The molecule has 0 fully saturated rings. The topological polar surface area (TPSA) is 94.9 Å². The van der Waals surface area contributed by atoms with Crippen LogP contribution in [0.1, 0.15) is 20.3 Å². The first kappa shape index (κ1) is 11.7. The number of rotatable bonds is 4. The Labute approximate surface area is 91.4 Å². The molecule has 0 aliphatic heterocycles. The second-order valence-corrected chi connectivity index (χ2v) is 4.43. The second-order valence-electron chi connectivity index (χ2n) is 3.01. The van der Waals surface area contributed by atoms with Gasteiger partial charge in [-0.05, 0) is 6.42 Å². The van der Waals surface area contributed by atoms with E-state index in [-0.39, 0.29) is 16.8 Å². The van der Waals surface area contributed by atoms with Crippen LogP contribution in [0, 0.1) is 10.1 Å². The third-order valence-electron chi connectivity index (χ3n) is 1.89. The number of thioether (sulfide) groups is 1. The summed E-state index contributed by atoms with van der Waals surface area (Å²) in [7, 11) is 0. The number of nitro groups is 1. The van der Waals surface area contributed by atoms with Gasteiger partial charge in [0.2, 0.25) is 5.82 Å². The lowest BCUT2D eigenvalue weighted by atomic mass is 10.4. The second kappa shape index (κ2) is 4.92. The van der Waals surface area contributed by atoms with Gasteiger partial charge in [0.25, 0.3) is 0 Å². The molecule has 0 radical (unpaired) electrons. The number of hydrogen-bond donors (Lipinski definition) is 1. The smallest absolute Gasteiger partial charge is 0.343 e. The minimum Gasteiger partial charge on any atom is -0.378 e. The SMILES string of the molecule is CCC(C)Sc1ncnc(N)c1[N+](=O)[O-]. The van der Waals surface area contributed by atoms with Gasteiger partial charge in [-0.25, -0.2) is 9.97 Å². The van der Waals surface area contributed by atoms with Gasteiger partial charge < -0.3 is 5.73 Å². The third-order valence-corrected chi connectivity index (χ3v) is 3.15. The van der Waals surface area contributed by atoms with E-state index in [1.165, 1.54) is 18.1 Å². The van der Waals surface area contributed by atoms with E-state index in [2.05, 4.69) is 9.97 Å². The first-order valence-electron chi connectivity index (χ1n) is 4.47. The number of aromatic nitrogens is 2. The van der Waals surface area contributed by atoms with E-state index in [0.29, 0.717) is 5.03 Å². The molecule has 0 spiro atoms. The third kappa shape index (κ3) is 2.79. The van der Waals surface area contributed by atoms with Gasteiger partial charge in [-0.2, -0.15) is 0 Å². The molecule has 0 aromatic carbocycles. The molecule has 7 heteroatoms. The average molecular weight is 228 g/mol. The maximum absolute atomic E-state index is 10.7. The van der Waals surface area contributed by atoms with E-state index in [9.17, 15) is 10.1 Å². The largest absolute Gasteiger partial charge is 0.378 e. The van der Waals surface area contributed by atoms with Crippen LogP contribution in [0.2, 0.25) is 0 Å². The molecule has 0 aliphatic rings. The Morgan fingerprint density at radius 2 is 2.33 bits per heavy atom. The van der Waals surface area contributed by atoms with Crippen molar-refractivity contribution in [2.45, 2.75) is 30.5 Å². The Bertz CT molecular complexity index is 372. The van der Waals surface area contributed by atoms with Gasteiger partial charge in [0.05, 0.1) is 4.92 Å². The number of nitrogens with zero attached hydrogens (tertiary/aromatic N) is 3. The van der Waals surface area contributed by atoms with Crippen molar-refractivity contribution in [3.8, 4) is 0 Å². The fourth-order valence-corrected chi connectivity index (χ4v) is 1.85. The van der Waals surface area contributed by atoms with E-state index in [1.807, 2.05) is 13.8 Å². The van der Waals surface area contributed by atoms with Crippen molar-refractivity contribution in [3.63, 3.8) is 0 Å². The molecule has 1 aromatic rings. The molecule has 6 nitrogen and oxygen atoms in total. The summed E-state index contributed by atoms with van der Waals surface area (Å²) in [4.78, 5) is 17.7. The predicted molar refractivity (Wildman–Crippen MR) is 58.7 cm³/mol. The average Bonchev–Trinajstić information content (AvgIpc) is 2.17. The van der Waals surface area contributed by atoms with Crippen molar-refractivity contribution in [1.29, 1.82) is 0 Å². The van der Waals surface area contributed by atoms with Crippen LogP contribution in [0.25, 0.3) is 0 Å². The van der Waals surface area contributed by atoms with Gasteiger partial charge in [-0.3, -0.25) is 10.1 Å². The Morgan fingerprint density at radius 1 is 1.67 bits per heavy atom. The highest BCUT2D eigenvalue weighted by molar-refractivity contribution is 8.00. The molecule has 15 heavy (non-hydrogen) atoms. The minimum atomic E-state index is -0.542. The first-order chi connectivity index (χ1) is 7.06. The number of anilines is 1. The summed E-state index contributed by atoms with van der Waals surface area (Å²) in [6.07, 6.45) is 2.15. The predicted octanol–water partition coefficient (Wildman–Crippen LogP) is 1.86. The fraction of sp³-hybridized carbons (Fsp3) is 0.500. The molecule has 2 N–H and O–H groups in total. The molecule has 1 unspecified atom stereocenters. The van der Waals surface area contributed by atoms with Crippen LogP contribution in [0.4, 0.5) is 11.5 Å². The molecule has 0 saturated carbocycles. The lowest BCUT2D eigenvalue weighted by molar-refractivity contribution is -0.387. The molecule has 0 saturated heterocycles. The maximum atomic E-state index is 10.7. The molecule has 1 rings (SSSR count).